The predicted molar refractivity (Wildman–Crippen MR) is 128 cm³/mol. The summed E-state index contributed by atoms with van der Waals surface area (Å²) in [5.41, 5.74) is 2.84. The highest BCUT2D eigenvalue weighted by Gasteiger charge is 2.45. The summed E-state index contributed by atoms with van der Waals surface area (Å²) in [7, 11) is 5.94. The van der Waals surface area contributed by atoms with Gasteiger partial charge in [0, 0.05) is 69.4 Å². The van der Waals surface area contributed by atoms with Crippen LogP contribution in [-0.2, 0) is 13.9 Å². The van der Waals surface area contributed by atoms with Crippen molar-refractivity contribution in [3.63, 3.8) is 0 Å². The Hall–Kier alpha value is -2.54. The molecule has 1 aliphatic rings. The van der Waals surface area contributed by atoms with Crippen LogP contribution in [-0.4, -0.2) is 64.1 Å². The summed E-state index contributed by atoms with van der Waals surface area (Å²) in [6, 6.07) is 11.6. The number of carboxylic acids is 1. The van der Waals surface area contributed by atoms with E-state index in [9.17, 15) is 9.36 Å². The number of nitrogens with zero attached hydrogens (tertiary/aromatic N) is 3. The molecule has 0 bridgehead atoms. The molecule has 0 spiro atoms. The van der Waals surface area contributed by atoms with Crippen LogP contribution in [0.15, 0.2) is 36.4 Å². The quantitative estimate of drug-likeness (QED) is 0.541. The Bertz CT molecular complexity index is 983. The van der Waals surface area contributed by atoms with Crippen LogP contribution in [0.2, 0.25) is 0 Å². The SMILES string of the molecule is CCOP(=O)(C1c2ccc(N(C)C)cc2Oc2cc(N(C)C)ccc21)N(C)CCC(=O)O. The fraction of sp³-hybridized carbons (Fsp3) is 0.435. The Kier molecular flexibility index (Phi) is 7.18. The second-order valence-corrected chi connectivity index (χ2v) is 10.8. The summed E-state index contributed by atoms with van der Waals surface area (Å²) in [4.78, 5) is 15.1. The van der Waals surface area contributed by atoms with Gasteiger partial charge in [0.15, 0.2) is 0 Å². The summed E-state index contributed by atoms with van der Waals surface area (Å²) >= 11 is 0. The predicted octanol–water partition coefficient (Wildman–Crippen LogP) is 4.65. The molecule has 2 aromatic carbocycles. The number of rotatable bonds is 9. The standard InChI is InChI=1S/C23H32N3O5P/c1-7-30-32(29,26(6)13-12-22(27)28)23-18-10-8-16(24(2)3)14-20(18)31-21-15-17(25(4)5)9-11-19(21)23/h8-11,14-15,23H,7,12-13H2,1-6H3,(H,27,28). The largest absolute Gasteiger partial charge is 0.481 e. The highest BCUT2D eigenvalue weighted by atomic mass is 31.2. The lowest BCUT2D eigenvalue weighted by molar-refractivity contribution is -0.137. The van der Waals surface area contributed by atoms with Crippen molar-refractivity contribution in [2.24, 2.45) is 0 Å². The molecular weight excluding hydrogens is 429 g/mol. The van der Waals surface area contributed by atoms with Gasteiger partial charge in [0.2, 0.25) is 0 Å². The number of hydrogen-bond donors (Lipinski definition) is 1. The fourth-order valence-corrected chi connectivity index (χ4v) is 6.44. The molecule has 8 nitrogen and oxygen atoms in total. The first-order valence-corrected chi connectivity index (χ1v) is 12.2. The van der Waals surface area contributed by atoms with E-state index in [1.165, 1.54) is 0 Å². The molecular formula is C23H32N3O5P. The number of anilines is 2. The van der Waals surface area contributed by atoms with Crippen molar-refractivity contribution < 1.29 is 23.7 Å². The van der Waals surface area contributed by atoms with Gasteiger partial charge >= 0.3 is 5.97 Å². The molecule has 1 aliphatic heterocycles. The van der Waals surface area contributed by atoms with Gasteiger partial charge in [-0.3, -0.25) is 9.36 Å². The van der Waals surface area contributed by atoms with Gasteiger partial charge in [0.05, 0.1) is 13.0 Å². The minimum Gasteiger partial charge on any atom is -0.481 e. The van der Waals surface area contributed by atoms with Crippen LogP contribution in [0.3, 0.4) is 0 Å². The van der Waals surface area contributed by atoms with E-state index in [0.717, 1.165) is 22.5 Å². The van der Waals surface area contributed by atoms with Crippen LogP contribution in [0.5, 0.6) is 11.5 Å². The van der Waals surface area contributed by atoms with Gasteiger partial charge in [0.25, 0.3) is 7.52 Å². The van der Waals surface area contributed by atoms with E-state index in [1.807, 2.05) is 74.4 Å². The number of fused-ring (bicyclic) bond motifs is 2. The third-order valence-corrected chi connectivity index (χ3v) is 8.59. The van der Waals surface area contributed by atoms with E-state index >= 15 is 0 Å². The van der Waals surface area contributed by atoms with Crippen molar-refractivity contribution >= 4 is 24.9 Å². The Balaban J connectivity index is 2.20. The topological polar surface area (TPSA) is 82.5 Å². The van der Waals surface area contributed by atoms with E-state index in [0.29, 0.717) is 11.5 Å². The molecule has 1 heterocycles. The normalized spacial score (nSPS) is 14.8. The number of benzene rings is 2. The molecule has 1 atom stereocenters. The summed E-state index contributed by atoms with van der Waals surface area (Å²) < 4.78 is 28.3. The first-order valence-electron chi connectivity index (χ1n) is 10.6. The first kappa shape index (κ1) is 24.1. The fourth-order valence-electron chi connectivity index (χ4n) is 3.82. The van der Waals surface area contributed by atoms with E-state index in [1.54, 1.807) is 18.6 Å². The van der Waals surface area contributed by atoms with Crippen molar-refractivity contribution in [2.75, 3.05) is 58.2 Å². The number of aliphatic carboxylic acids is 1. The number of hydrogen-bond acceptors (Lipinski definition) is 6. The maximum Gasteiger partial charge on any atom is 0.304 e. The molecule has 1 N–H and O–H groups in total. The second kappa shape index (κ2) is 9.53. The lowest BCUT2D eigenvalue weighted by Crippen LogP contribution is -2.26. The lowest BCUT2D eigenvalue weighted by Gasteiger charge is -2.38. The summed E-state index contributed by atoms with van der Waals surface area (Å²) in [5.74, 6) is 0.297. The highest BCUT2D eigenvalue weighted by molar-refractivity contribution is 7.57. The average molecular weight is 461 g/mol. The summed E-state index contributed by atoms with van der Waals surface area (Å²) in [6.45, 7) is 2.14. The zero-order valence-corrected chi connectivity index (χ0v) is 20.4. The molecule has 0 saturated carbocycles. The van der Waals surface area contributed by atoms with E-state index in [4.69, 9.17) is 14.4 Å². The lowest BCUT2D eigenvalue weighted by atomic mass is 9.98. The van der Waals surface area contributed by atoms with Gasteiger partial charge in [-0.05, 0) is 26.1 Å². The van der Waals surface area contributed by atoms with Crippen molar-refractivity contribution in [2.45, 2.75) is 19.0 Å². The van der Waals surface area contributed by atoms with Crippen LogP contribution in [0, 0.1) is 0 Å². The number of carboxylic acid groups (broad SMARTS) is 1. The molecule has 0 amide bonds. The van der Waals surface area contributed by atoms with Crippen LogP contribution >= 0.6 is 7.52 Å². The van der Waals surface area contributed by atoms with Crippen LogP contribution in [0.4, 0.5) is 11.4 Å². The van der Waals surface area contributed by atoms with Crippen molar-refractivity contribution in [3.8, 4) is 11.5 Å². The average Bonchev–Trinajstić information content (AvgIpc) is 2.74. The smallest absolute Gasteiger partial charge is 0.304 e. The minimum atomic E-state index is -3.52. The van der Waals surface area contributed by atoms with Crippen molar-refractivity contribution in [1.29, 1.82) is 0 Å². The Labute approximate surface area is 189 Å². The Morgan fingerprint density at radius 3 is 1.91 bits per heavy atom. The summed E-state index contributed by atoms with van der Waals surface area (Å²) in [6.07, 6.45) is -0.129. The first-order chi connectivity index (χ1) is 15.1. The zero-order valence-electron chi connectivity index (χ0n) is 19.5. The molecule has 0 fully saturated rings. The van der Waals surface area contributed by atoms with Gasteiger partial charge in [-0.1, -0.05) is 12.1 Å². The highest BCUT2D eigenvalue weighted by Crippen LogP contribution is 2.68. The third kappa shape index (κ3) is 4.63. The van der Waals surface area contributed by atoms with Crippen LogP contribution in [0.25, 0.3) is 0 Å². The third-order valence-electron chi connectivity index (χ3n) is 5.60. The summed E-state index contributed by atoms with van der Waals surface area (Å²) in [5, 5.41) is 9.16. The van der Waals surface area contributed by atoms with Crippen LogP contribution < -0.4 is 14.5 Å². The van der Waals surface area contributed by atoms with Crippen LogP contribution in [0.1, 0.15) is 30.1 Å². The zero-order chi connectivity index (χ0) is 23.6. The molecule has 174 valence electrons. The minimum absolute atomic E-state index is 0.111. The van der Waals surface area contributed by atoms with E-state index in [2.05, 4.69) is 0 Å². The van der Waals surface area contributed by atoms with E-state index < -0.39 is 19.1 Å². The number of ether oxygens (including phenoxy) is 1. The molecule has 0 aromatic heterocycles. The molecule has 3 rings (SSSR count). The van der Waals surface area contributed by atoms with Crippen molar-refractivity contribution in [1.82, 2.24) is 4.67 Å². The maximum absolute atomic E-state index is 14.5. The molecule has 1 unspecified atom stereocenters. The monoisotopic (exact) mass is 461 g/mol. The van der Waals surface area contributed by atoms with Gasteiger partial charge < -0.3 is 24.2 Å². The molecule has 2 aromatic rings. The molecule has 0 radical (unpaired) electrons. The Morgan fingerprint density at radius 2 is 1.50 bits per heavy atom. The van der Waals surface area contributed by atoms with Gasteiger partial charge in [0.1, 0.15) is 17.2 Å². The van der Waals surface area contributed by atoms with Gasteiger partial charge in [-0.2, -0.15) is 0 Å². The number of carbonyl (C=O) groups is 1. The van der Waals surface area contributed by atoms with Gasteiger partial charge in [-0.25, -0.2) is 4.67 Å². The van der Waals surface area contributed by atoms with E-state index in [-0.39, 0.29) is 19.6 Å². The molecule has 0 saturated heterocycles. The molecule has 0 aliphatic carbocycles. The molecule has 9 heteroatoms. The second-order valence-electron chi connectivity index (χ2n) is 8.24. The van der Waals surface area contributed by atoms with Crippen molar-refractivity contribution in [3.05, 3.63) is 47.5 Å². The van der Waals surface area contributed by atoms with Gasteiger partial charge in [-0.15, -0.1) is 0 Å². The Morgan fingerprint density at radius 1 is 1.00 bits per heavy atom. The maximum atomic E-state index is 14.5. The molecule has 32 heavy (non-hydrogen) atoms.